The first-order chi connectivity index (χ1) is 14.5. The maximum atomic E-state index is 13.6. The Bertz CT molecular complexity index is 1220. The van der Waals surface area contributed by atoms with Gasteiger partial charge in [-0.2, -0.15) is 5.10 Å². The number of pyridine rings is 1. The van der Waals surface area contributed by atoms with Crippen molar-refractivity contribution >= 4 is 21.7 Å². The van der Waals surface area contributed by atoms with Gasteiger partial charge in [0.2, 0.25) is 0 Å². The van der Waals surface area contributed by atoms with Crippen molar-refractivity contribution in [3.63, 3.8) is 0 Å². The van der Waals surface area contributed by atoms with E-state index >= 15 is 0 Å². The van der Waals surface area contributed by atoms with Gasteiger partial charge in [0.05, 0.1) is 17.4 Å². The summed E-state index contributed by atoms with van der Waals surface area (Å²) in [6, 6.07) is 11.1. The second kappa shape index (κ2) is 7.47. The van der Waals surface area contributed by atoms with Crippen LogP contribution in [0.4, 0.5) is 4.39 Å². The van der Waals surface area contributed by atoms with Gasteiger partial charge in [0.1, 0.15) is 5.82 Å². The molecule has 1 unspecified atom stereocenters. The standard InChI is InChI=1S/C25H26FN3O/c1-15(2)25-24(17-7-9-19(26)10-8-17)21-12-18-14-27-29(23-6-4-5-11-30-23)22(18)13-20(21)16(3)28-25/h7-10,12-15,23H,4-6,11H2,1-3H3. The third-order valence-corrected chi connectivity index (χ3v) is 6.05. The van der Waals surface area contributed by atoms with Crippen LogP contribution in [0.25, 0.3) is 32.8 Å². The van der Waals surface area contributed by atoms with Gasteiger partial charge >= 0.3 is 0 Å². The highest BCUT2D eigenvalue weighted by atomic mass is 19.1. The van der Waals surface area contributed by atoms with Gasteiger partial charge in [0, 0.05) is 28.6 Å². The highest BCUT2D eigenvalue weighted by Gasteiger charge is 2.21. The van der Waals surface area contributed by atoms with Crippen LogP contribution in [0.2, 0.25) is 0 Å². The molecule has 1 atom stereocenters. The average molecular weight is 404 g/mol. The number of ether oxygens (including phenoxy) is 1. The number of benzene rings is 2. The fourth-order valence-corrected chi connectivity index (χ4v) is 4.52. The lowest BCUT2D eigenvalue weighted by Gasteiger charge is -2.23. The summed E-state index contributed by atoms with van der Waals surface area (Å²) in [5.41, 5.74) is 5.17. The number of halogens is 1. The highest BCUT2D eigenvalue weighted by molar-refractivity contribution is 6.05. The predicted octanol–water partition coefficient (Wildman–Crippen LogP) is 6.52. The van der Waals surface area contributed by atoms with E-state index in [1.165, 1.54) is 12.1 Å². The summed E-state index contributed by atoms with van der Waals surface area (Å²) >= 11 is 0. The van der Waals surface area contributed by atoms with Crippen molar-refractivity contribution in [2.75, 3.05) is 6.61 Å². The molecule has 0 spiro atoms. The molecule has 1 aliphatic heterocycles. The quantitative estimate of drug-likeness (QED) is 0.391. The Hall–Kier alpha value is -2.79. The number of hydrogen-bond acceptors (Lipinski definition) is 3. The summed E-state index contributed by atoms with van der Waals surface area (Å²) < 4.78 is 21.6. The van der Waals surface area contributed by atoms with Crippen LogP contribution in [0.15, 0.2) is 42.6 Å². The molecule has 0 N–H and O–H groups in total. The van der Waals surface area contributed by atoms with Gasteiger partial charge in [-0.05, 0) is 67.3 Å². The van der Waals surface area contributed by atoms with E-state index < -0.39 is 0 Å². The van der Waals surface area contributed by atoms with Gasteiger partial charge in [-0.1, -0.05) is 26.0 Å². The van der Waals surface area contributed by atoms with Crippen LogP contribution in [0.1, 0.15) is 56.6 Å². The Morgan fingerprint density at radius 1 is 1.10 bits per heavy atom. The van der Waals surface area contributed by atoms with Crippen molar-refractivity contribution in [3.8, 4) is 11.1 Å². The molecule has 1 fully saturated rings. The molecule has 2 aromatic heterocycles. The molecule has 154 valence electrons. The molecule has 5 heteroatoms. The Morgan fingerprint density at radius 2 is 1.90 bits per heavy atom. The molecule has 1 saturated heterocycles. The van der Waals surface area contributed by atoms with Gasteiger partial charge in [0.15, 0.2) is 6.23 Å². The van der Waals surface area contributed by atoms with E-state index in [4.69, 9.17) is 9.72 Å². The maximum absolute atomic E-state index is 13.6. The summed E-state index contributed by atoms with van der Waals surface area (Å²) in [6.07, 6.45) is 5.17. The van der Waals surface area contributed by atoms with Crippen LogP contribution < -0.4 is 0 Å². The van der Waals surface area contributed by atoms with Gasteiger partial charge in [-0.25, -0.2) is 9.07 Å². The molecular formula is C25H26FN3O. The molecule has 0 saturated carbocycles. The minimum Gasteiger partial charge on any atom is -0.356 e. The molecule has 0 bridgehead atoms. The van der Waals surface area contributed by atoms with Gasteiger partial charge in [0.25, 0.3) is 0 Å². The zero-order valence-electron chi connectivity index (χ0n) is 17.7. The van der Waals surface area contributed by atoms with E-state index in [1.807, 2.05) is 23.0 Å². The van der Waals surface area contributed by atoms with Crippen molar-refractivity contribution in [1.82, 2.24) is 14.8 Å². The molecule has 1 aliphatic rings. The fraction of sp³-hybridized carbons (Fsp3) is 0.360. The Labute approximate surface area is 175 Å². The van der Waals surface area contributed by atoms with Gasteiger partial charge in [-0.3, -0.25) is 4.98 Å². The van der Waals surface area contributed by atoms with Gasteiger partial charge in [-0.15, -0.1) is 0 Å². The van der Waals surface area contributed by atoms with Crippen molar-refractivity contribution in [3.05, 3.63) is 59.8 Å². The molecule has 5 rings (SSSR count). The van der Waals surface area contributed by atoms with Crippen LogP contribution in [-0.4, -0.2) is 21.4 Å². The largest absolute Gasteiger partial charge is 0.356 e. The zero-order valence-corrected chi connectivity index (χ0v) is 17.7. The molecule has 0 aliphatic carbocycles. The average Bonchev–Trinajstić information content (AvgIpc) is 3.17. The van der Waals surface area contributed by atoms with E-state index in [9.17, 15) is 4.39 Å². The maximum Gasteiger partial charge on any atom is 0.150 e. The minimum absolute atomic E-state index is 0.00604. The first-order valence-electron chi connectivity index (χ1n) is 10.7. The highest BCUT2D eigenvalue weighted by Crippen LogP contribution is 2.38. The van der Waals surface area contributed by atoms with Gasteiger partial charge < -0.3 is 4.74 Å². The number of fused-ring (bicyclic) bond motifs is 2. The lowest BCUT2D eigenvalue weighted by molar-refractivity contribution is -0.0366. The van der Waals surface area contributed by atoms with Crippen molar-refractivity contribution in [1.29, 1.82) is 0 Å². The first kappa shape index (κ1) is 19.2. The molecule has 30 heavy (non-hydrogen) atoms. The zero-order chi connectivity index (χ0) is 20.8. The molecule has 4 aromatic rings. The Morgan fingerprint density at radius 3 is 2.60 bits per heavy atom. The minimum atomic E-state index is -0.231. The number of nitrogens with zero attached hydrogens (tertiary/aromatic N) is 3. The van der Waals surface area contributed by atoms with E-state index in [1.54, 1.807) is 0 Å². The number of aromatic nitrogens is 3. The molecule has 0 amide bonds. The fourth-order valence-electron chi connectivity index (χ4n) is 4.52. The van der Waals surface area contributed by atoms with Crippen molar-refractivity contribution in [2.45, 2.75) is 52.2 Å². The smallest absolute Gasteiger partial charge is 0.150 e. The second-order valence-electron chi connectivity index (χ2n) is 8.49. The van der Waals surface area contributed by atoms with Crippen LogP contribution in [0.5, 0.6) is 0 Å². The van der Waals surface area contributed by atoms with E-state index in [-0.39, 0.29) is 18.0 Å². The molecule has 2 aromatic carbocycles. The molecular weight excluding hydrogens is 377 g/mol. The normalized spacial score (nSPS) is 17.3. The summed E-state index contributed by atoms with van der Waals surface area (Å²) in [5, 5.41) is 7.98. The van der Waals surface area contributed by atoms with E-state index in [2.05, 4.69) is 38.0 Å². The lowest BCUT2D eigenvalue weighted by Crippen LogP contribution is -2.18. The first-order valence-corrected chi connectivity index (χ1v) is 10.7. The number of rotatable bonds is 3. The SMILES string of the molecule is Cc1nc(C(C)C)c(-c2ccc(F)cc2)c2cc3cnn(C4CCCCO4)c3cc12. The lowest BCUT2D eigenvalue weighted by atomic mass is 9.91. The van der Waals surface area contributed by atoms with Crippen LogP contribution in [0, 0.1) is 12.7 Å². The molecule has 0 radical (unpaired) electrons. The van der Waals surface area contributed by atoms with Crippen molar-refractivity contribution < 1.29 is 9.13 Å². The van der Waals surface area contributed by atoms with Crippen LogP contribution in [-0.2, 0) is 4.74 Å². The molecule has 3 heterocycles. The predicted molar refractivity (Wildman–Crippen MR) is 118 cm³/mol. The summed E-state index contributed by atoms with van der Waals surface area (Å²) in [7, 11) is 0. The topological polar surface area (TPSA) is 39.9 Å². The van der Waals surface area contributed by atoms with E-state index in [0.717, 1.165) is 70.1 Å². The third-order valence-electron chi connectivity index (χ3n) is 6.05. The second-order valence-corrected chi connectivity index (χ2v) is 8.49. The summed E-state index contributed by atoms with van der Waals surface area (Å²) in [4.78, 5) is 4.98. The van der Waals surface area contributed by atoms with E-state index in [0.29, 0.717) is 0 Å². The number of aryl methyl sites for hydroxylation is 1. The Balaban J connectivity index is 1.78. The summed E-state index contributed by atoms with van der Waals surface area (Å²) in [6.45, 7) is 7.15. The monoisotopic (exact) mass is 403 g/mol. The van der Waals surface area contributed by atoms with Crippen molar-refractivity contribution in [2.24, 2.45) is 0 Å². The number of hydrogen-bond donors (Lipinski definition) is 0. The third kappa shape index (κ3) is 3.18. The molecule has 4 nitrogen and oxygen atoms in total. The summed E-state index contributed by atoms with van der Waals surface area (Å²) in [5.74, 6) is 0.0209. The van der Waals surface area contributed by atoms with Crippen LogP contribution >= 0.6 is 0 Å². The van der Waals surface area contributed by atoms with Crippen LogP contribution in [0.3, 0.4) is 0 Å². The Kier molecular flexibility index (Phi) is 4.78.